The van der Waals surface area contributed by atoms with Crippen LogP contribution in [-0.4, -0.2) is 29.7 Å². The van der Waals surface area contributed by atoms with Crippen LogP contribution in [0.25, 0.3) is 0 Å². The second-order valence-corrected chi connectivity index (χ2v) is 10.7. The minimum Gasteiger partial charge on any atom is -0.489 e. The molecule has 0 saturated carbocycles. The summed E-state index contributed by atoms with van der Waals surface area (Å²) in [7, 11) is 0. The van der Waals surface area contributed by atoms with Crippen LogP contribution >= 0.6 is 11.8 Å². The van der Waals surface area contributed by atoms with E-state index < -0.39 is 11.3 Å². The van der Waals surface area contributed by atoms with Crippen molar-refractivity contribution >= 4 is 11.8 Å². The van der Waals surface area contributed by atoms with Crippen molar-refractivity contribution in [3.63, 3.8) is 0 Å². The highest BCUT2D eigenvalue weighted by molar-refractivity contribution is 7.99. The summed E-state index contributed by atoms with van der Waals surface area (Å²) in [5.41, 5.74) is 6.96. The first-order valence-corrected chi connectivity index (χ1v) is 12.5. The lowest BCUT2D eigenvalue weighted by molar-refractivity contribution is -0.282. The van der Waals surface area contributed by atoms with Gasteiger partial charge in [-0.1, -0.05) is 60.3 Å². The predicted octanol–water partition coefficient (Wildman–Crippen LogP) is 5.75. The first-order valence-electron chi connectivity index (χ1n) is 11.7. The van der Waals surface area contributed by atoms with Gasteiger partial charge in [-0.05, 0) is 73.6 Å². The molecule has 34 heavy (non-hydrogen) atoms. The Labute approximate surface area is 205 Å². The quantitative estimate of drug-likeness (QED) is 0.330. The Morgan fingerprint density at radius 3 is 2.35 bits per heavy atom. The summed E-state index contributed by atoms with van der Waals surface area (Å²) in [6.07, 6.45) is 2.47. The number of fused-ring (bicyclic) bond motifs is 2. The lowest BCUT2D eigenvalue weighted by atomic mass is 9.92. The van der Waals surface area contributed by atoms with Crippen molar-refractivity contribution in [3.05, 3.63) is 89.0 Å². The van der Waals surface area contributed by atoms with Crippen molar-refractivity contribution in [2.75, 3.05) is 13.2 Å². The average molecular weight is 478 g/mol. The van der Waals surface area contributed by atoms with Crippen LogP contribution < -0.4 is 10.2 Å². The maximum atomic E-state index is 9.81. The first-order chi connectivity index (χ1) is 16.4. The Hall–Kier alpha value is -2.35. The van der Waals surface area contributed by atoms with Gasteiger partial charge in [-0.25, -0.2) is 0 Å². The summed E-state index contributed by atoms with van der Waals surface area (Å²) < 4.78 is 17.6. The molecule has 3 aromatic rings. The molecule has 0 radical (unpaired) electrons. The summed E-state index contributed by atoms with van der Waals surface area (Å²) in [6.45, 7) is 5.18. The fraction of sp³-hybridized carbons (Fsp3) is 0.357. The van der Waals surface area contributed by atoms with E-state index in [9.17, 15) is 5.21 Å². The highest BCUT2D eigenvalue weighted by atomic mass is 32.2. The second kappa shape index (κ2) is 9.72. The Morgan fingerprint density at radius 2 is 1.62 bits per heavy atom. The van der Waals surface area contributed by atoms with E-state index in [0.29, 0.717) is 19.8 Å². The van der Waals surface area contributed by atoms with Crippen molar-refractivity contribution in [3.8, 4) is 5.75 Å². The van der Waals surface area contributed by atoms with Gasteiger partial charge in [-0.2, -0.15) is 5.48 Å². The Bertz CT molecular complexity index is 1140. The monoisotopic (exact) mass is 477 g/mol. The van der Waals surface area contributed by atoms with E-state index in [1.165, 1.54) is 26.5 Å². The summed E-state index contributed by atoms with van der Waals surface area (Å²) >= 11 is 1.80. The number of rotatable bonds is 7. The van der Waals surface area contributed by atoms with Gasteiger partial charge in [0.2, 0.25) is 0 Å². The van der Waals surface area contributed by atoms with Gasteiger partial charge in [-0.3, -0.25) is 0 Å². The normalized spacial score (nSPS) is 18.1. The minimum absolute atomic E-state index is 0.412. The van der Waals surface area contributed by atoms with Crippen LogP contribution in [0.3, 0.4) is 0 Å². The van der Waals surface area contributed by atoms with Gasteiger partial charge >= 0.3 is 0 Å². The zero-order valence-electron chi connectivity index (χ0n) is 19.7. The van der Waals surface area contributed by atoms with Gasteiger partial charge in [0.1, 0.15) is 12.4 Å². The van der Waals surface area contributed by atoms with Crippen LogP contribution in [0.4, 0.5) is 0 Å². The van der Waals surface area contributed by atoms with Crippen molar-refractivity contribution in [2.45, 2.75) is 60.8 Å². The van der Waals surface area contributed by atoms with E-state index in [-0.39, 0.29) is 0 Å². The van der Waals surface area contributed by atoms with Crippen LogP contribution in [0.5, 0.6) is 5.75 Å². The van der Waals surface area contributed by atoms with E-state index in [4.69, 9.17) is 14.2 Å². The Morgan fingerprint density at radius 1 is 0.912 bits per heavy atom. The predicted molar refractivity (Wildman–Crippen MR) is 133 cm³/mol. The van der Waals surface area contributed by atoms with Gasteiger partial charge in [0.15, 0.2) is 5.79 Å². The van der Waals surface area contributed by atoms with Crippen LogP contribution in [0.1, 0.15) is 42.5 Å². The lowest BCUT2D eigenvalue weighted by Crippen LogP contribution is -2.58. The summed E-state index contributed by atoms with van der Waals surface area (Å²) in [5.74, 6) is 0.283. The number of aryl methyl sites for hydroxylation is 1. The molecule has 2 aliphatic rings. The SMILES string of the molecule is CC1(C)OCC(CCc2ccc3c(c2)Sc2cc(OCc4ccccc4)ccc2C3)(NO)CO1. The Kier molecular flexibility index (Phi) is 6.69. The molecule has 5 rings (SSSR count). The summed E-state index contributed by atoms with van der Waals surface area (Å²) in [6, 6.07) is 23.3. The number of hydrogen-bond acceptors (Lipinski definition) is 6. The maximum Gasteiger partial charge on any atom is 0.162 e. The smallest absolute Gasteiger partial charge is 0.162 e. The van der Waals surface area contributed by atoms with E-state index in [0.717, 1.165) is 30.6 Å². The van der Waals surface area contributed by atoms with Crippen LogP contribution in [0, 0.1) is 0 Å². The van der Waals surface area contributed by atoms with Gasteiger partial charge in [0.25, 0.3) is 0 Å². The molecule has 0 aromatic heterocycles. The van der Waals surface area contributed by atoms with Crippen molar-refractivity contribution in [2.24, 2.45) is 0 Å². The molecule has 1 saturated heterocycles. The van der Waals surface area contributed by atoms with Gasteiger partial charge in [0, 0.05) is 9.79 Å². The second-order valence-electron chi connectivity index (χ2n) is 9.63. The molecule has 0 atom stereocenters. The molecule has 0 spiro atoms. The average Bonchev–Trinajstić information content (AvgIpc) is 2.86. The fourth-order valence-corrected chi connectivity index (χ4v) is 5.45. The summed E-state index contributed by atoms with van der Waals surface area (Å²) in [4.78, 5) is 2.54. The molecular weight excluding hydrogens is 446 g/mol. The molecule has 0 amide bonds. The molecule has 0 bridgehead atoms. The zero-order chi connectivity index (χ0) is 23.6. The van der Waals surface area contributed by atoms with Crippen molar-refractivity contribution in [1.82, 2.24) is 5.48 Å². The number of benzene rings is 3. The molecular formula is C28H31NO4S. The molecule has 3 aromatic carbocycles. The third-order valence-corrected chi connectivity index (χ3v) is 7.74. The van der Waals surface area contributed by atoms with E-state index in [1.807, 2.05) is 32.0 Å². The van der Waals surface area contributed by atoms with Crippen LogP contribution in [0.2, 0.25) is 0 Å². The fourth-order valence-electron chi connectivity index (χ4n) is 4.28. The number of nitrogens with one attached hydrogen (secondary N) is 1. The molecule has 5 nitrogen and oxygen atoms in total. The standard InChI is InChI=1S/C28H31NO4S/c1-27(2)32-18-28(29-30,19-33-27)13-12-20-8-9-22-15-23-10-11-24(16-26(23)34-25(22)14-20)31-17-21-6-4-3-5-7-21/h3-11,14,16,29-30H,12-13,15,17-19H2,1-2H3. The van der Waals surface area contributed by atoms with Crippen LogP contribution in [0.15, 0.2) is 76.5 Å². The maximum absolute atomic E-state index is 9.81. The largest absolute Gasteiger partial charge is 0.489 e. The third-order valence-electron chi connectivity index (χ3n) is 6.54. The summed E-state index contributed by atoms with van der Waals surface area (Å²) in [5, 5.41) is 9.81. The molecule has 0 aliphatic carbocycles. The van der Waals surface area contributed by atoms with Gasteiger partial charge in [0.05, 0.1) is 18.8 Å². The molecule has 1 fully saturated rings. The Balaban J connectivity index is 1.24. The highest BCUT2D eigenvalue weighted by Crippen LogP contribution is 2.42. The molecule has 6 heteroatoms. The van der Waals surface area contributed by atoms with Gasteiger partial charge < -0.3 is 19.4 Å². The molecule has 2 aliphatic heterocycles. The van der Waals surface area contributed by atoms with E-state index in [2.05, 4.69) is 54.0 Å². The van der Waals surface area contributed by atoms with E-state index in [1.54, 1.807) is 11.8 Å². The van der Waals surface area contributed by atoms with E-state index >= 15 is 0 Å². The molecule has 2 heterocycles. The molecule has 0 unspecified atom stereocenters. The van der Waals surface area contributed by atoms with Crippen molar-refractivity contribution < 1.29 is 19.4 Å². The molecule has 178 valence electrons. The zero-order valence-corrected chi connectivity index (χ0v) is 20.5. The van der Waals surface area contributed by atoms with Crippen LogP contribution in [-0.2, 0) is 28.9 Å². The first kappa shape index (κ1) is 23.4. The minimum atomic E-state index is -0.611. The topological polar surface area (TPSA) is 60.0 Å². The highest BCUT2D eigenvalue weighted by Gasteiger charge is 2.39. The lowest BCUT2D eigenvalue weighted by Gasteiger charge is -2.42. The third kappa shape index (κ3) is 5.32. The number of hydroxylamine groups is 1. The van der Waals surface area contributed by atoms with Gasteiger partial charge in [-0.15, -0.1) is 0 Å². The van der Waals surface area contributed by atoms with Crippen molar-refractivity contribution in [1.29, 1.82) is 0 Å². The number of hydrogen-bond donors (Lipinski definition) is 2. The number of ether oxygens (including phenoxy) is 3. The molecule has 2 N–H and O–H groups in total.